The number of nitrogens with zero attached hydrogens (tertiary/aromatic N) is 1. The Bertz CT molecular complexity index is 679. The van der Waals surface area contributed by atoms with Crippen molar-refractivity contribution in [2.75, 3.05) is 11.9 Å². The SMILES string of the molecule is CC(NC(=O)C(C)(C)C)C(=O)Nc1cccc(CN2CCCCC2=O)c1. The van der Waals surface area contributed by atoms with Crippen molar-refractivity contribution in [1.29, 1.82) is 0 Å². The van der Waals surface area contributed by atoms with Crippen molar-refractivity contribution in [1.82, 2.24) is 10.2 Å². The standard InChI is InChI=1S/C20H29N3O3/c1-14(21-19(26)20(2,3)4)18(25)22-16-9-7-8-15(12-16)13-23-11-6-5-10-17(23)24/h7-9,12,14H,5-6,10-11,13H2,1-4H3,(H,21,26)(H,22,25). The zero-order valence-corrected chi connectivity index (χ0v) is 16.1. The molecule has 2 N–H and O–H groups in total. The van der Waals surface area contributed by atoms with E-state index < -0.39 is 11.5 Å². The van der Waals surface area contributed by atoms with Gasteiger partial charge in [-0.2, -0.15) is 0 Å². The van der Waals surface area contributed by atoms with Crippen LogP contribution < -0.4 is 10.6 Å². The van der Waals surface area contributed by atoms with Crippen LogP contribution in [0.2, 0.25) is 0 Å². The molecule has 0 radical (unpaired) electrons. The Kier molecular flexibility index (Phi) is 6.40. The van der Waals surface area contributed by atoms with Gasteiger partial charge in [0.2, 0.25) is 17.7 Å². The molecule has 142 valence electrons. The largest absolute Gasteiger partial charge is 0.344 e. The molecular weight excluding hydrogens is 330 g/mol. The average molecular weight is 359 g/mol. The first-order valence-corrected chi connectivity index (χ1v) is 9.15. The molecule has 0 saturated carbocycles. The summed E-state index contributed by atoms with van der Waals surface area (Å²) in [7, 11) is 0. The summed E-state index contributed by atoms with van der Waals surface area (Å²) in [6, 6.07) is 6.85. The molecule has 1 aliphatic rings. The molecule has 1 fully saturated rings. The lowest BCUT2D eigenvalue weighted by atomic mass is 9.95. The molecule has 0 bridgehead atoms. The Morgan fingerprint density at radius 1 is 1.23 bits per heavy atom. The highest BCUT2D eigenvalue weighted by Gasteiger charge is 2.25. The molecule has 1 unspecified atom stereocenters. The number of benzene rings is 1. The predicted molar refractivity (Wildman–Crippen MR) is 101 cm³/mol. The minimum Gasteiger partial charge on any atom is -0.344 e. The first kappa shape index (κ1) is 19.9. The summed E-state index contributed by atoms with van der Waals surface area (Å²) in [5.74, 6) is -0.254. The number of piperidine rings is 1. The molecule has 1 aromatic rings. The molecule has 1 heterocycles. The maximum atomic E-state index is 12.3. The molecule has 1 aromatic carbocycles. The topological polar surface area (TPSA) is 78.5 Å². The fourth-order valence-electron chi connectivity index (χ4n) is 2.73. The number of anilines is 1. The van der Waals surface area contributed by atoms with Crippen molar-refractivity contribution in [3.8, 4) is 0 Å². The number of amides is 3. The third kappa shape index (κ3) is 5.58. The monoisotopic (exact) mass is 359 g/mol. The van der Waals surface area contributed by atoms with E-state index in [1.807, 2.05) is 23.1 Å². The number of carbonyl (C=O) groups is 3. The second-order valence-electron chi connectivity index (χ2n) is 7.91. The van der Waals surface area contributed by atoms with Gasteiger partial charge in [0.05, 0.1) is 0 Å². The van der Waals surface area contributed by atoms with Gasteiger partial charge in [-0.05, 0) is 37.5 Å². The predicted octanol–water partition coefficient (Wildman–Crippen LogP) is 2.69. The Balaban J connectivity index is 1.96. The number of likely N-dealkylation sites (tertiary alicyclic amines) is 1. The number of hydrogen-bond acceptors (Lipinski definition) is 3. The van der Waals surface area contributed by atoms with E-state index in [2.05, 4.69) is 10.6 Å². The van der Waals surface area contributed by atoms with Gasteiger partial charge < -0.3 is 15.5 Å². The minimum absolute atomic E-state index is 0.169. The smallest absolute Gasteiger partial charge is 0.246 e. The lowest BCUT2D eigenvalue weighted by Crippen LogP contribution is -2.46. The lowest BCUT2D eigenvalue weighted by molar-refractivity contribution is -0.133. The van der Waals surface area contributed by atoms with Gasteiger partial charge in [-0.15, -0.1) is 0 Å². The molecular formula is C20H29N3O3. The zero-order valence-electron chi connectivity index (χ0n) is 16.1. The fraction of sp³-hybridized carbons (Fsp3) is 0.550. The summed E-state index contributed by atoms with van der Waals surface area (Å²) in [5.41, 5.74) is 1.09. The fourth-order valence-corrected chi connectivity index (χ4v) is 2.73. The first-order chi connectivity index (χ1) is 12.2. The second kappa shape index (κ2) is 8.34. The zero-order chi connectivity index (χ0) is 19.3. The Labute approximate surface area is 155 Å². The van der Waals surface area contributed by atoms with E-state index in [1.165, 1.54) is 0 Å². The molecule has 6 heteroatoms. The summed E-state index contributed by atoms with van der Waals surface area (Å²) in [6.45, 7) is 8.41. The number of hydrogen-bond donors (Lipinski definition) is 2. The normalized spacial score (nSPS) is 16.2. The number of rotatable bonds is 5. The van der Waals surface area contributed by atoms with Crippen LogP contribution in [0.1, 0.15) is 52.5 Å². The maximum Gasteiger partial charge on any atom is 0.246 e. The van der Waals surface area contributed by atoms with Crippen molar-refractivity contribution in [2.45, 2.75) is 59.5 Å². The van der Waals surface area contributed by atoms with Crippen molar-refractivity contribution in [3.05, 3.63) is 29.8 Å². The van der Waals surface area contributed by atoms with Crippen molar-refractivity contribution < 1.29 is 14.4 Å². The summed E-state index contributed by atoms with van der Waals surface area (Å²) in [5, 5.41) is 5.55. The molecule has 2 rings (SSSR count). The number of nitrogens with one attached hydrogen (secondary N) is 2. The quantitative estimate of drug-likeness (QED) is 0.848. The van der Waals surface area contributed by atoms with Crippen molar-refractivity contribution >= 4 is 23.4 Å². The van der Waals surface area contributed by atoms with Gasteiger partial charge in [0.15, 0.2) is 0 Å². The van der Waals surface area contributed by atoms with Crippen LogP contribution in [0.5, 0.6) is 0 Å². The van der Waals surface area contributed by atoms with Crippen LogP contribution in [0, 0.1) is 5.41 Å². The van der Waals surface area contributed by atoms with Gasteiger partial charge in [0, 0.05) is 30.6 Å². The molecule has 1 atom stereocenters. The summed E-state index contributed by atoms with van der Waals surface area (Å²) >= 11 is 0. The third-order valence-electron chi connectivity index (χ3n) is 4.41. The Hall–Kier alpha value is -2.37. The van der Waals surface area contributed by atoms with Gasteiger partial charge in [-0.3, -0.25) is 14.4 Å². The molecule has 1 saturated heterocycles. The van der Waals surface area contributed by atoms with Gasteiger partial charge >= 0.3 is 0 Å². The van der Waals surface area contributed by atoms with E-state index in [4.69, 9.17) is 0 Å². The van der Waals surface area contributed by atoms with Gasteiger partial charge in [0.1, 0.15) is 6.04 Å². The second-order valence-corrected chi connectivity index (χ2v) is 7.91. The van der Waals surface area contributed by atoms with Crippen LogP contribution in [0.4, 0.5) is 5.69 Å². The molecule has 26 heavy (non-hydrogen) atoms. The van der Waals surface area contributed by atoms with Crippen LogP contribution in [-0.2, 0) is 20.9 Å². The molecule has 0 aromatic heterocycles. The van der Waals surface area contributed by atoms with E-state index in [0.29, 0.717) is 18.7 Å². The minimum atomic E-state index is -0.631. The summed E-state index contributed by atoms with van der Waals surface area (Å²) < 4.78 is 0. The molecule has 0 spiro atoms. The summed E-state index contributed by atoms with van der Waals surface area (Å²) in [6.07, 6.45) is 2.61. The van der Waals surface area contributed by atoms with Gasteiger partial charge in [-0.25, -0.2) is 0 Å². The first-order valence-electron chi connectivity index (χ1n) is 9.15. The van der Waals surface area contributed by atoms with Crippen LogP contribution in [0.25, 0.3) is 0 Å². The molecule has 3 amide bonds. The van der Waals surface area contributed by atoms with E-state index in [-0.39, 0.29) is 17.7 Å². The highest BCUT2D eigenvalue weighted by atomic mass is 16.2. The highest BCUT2D eigenvalue weighted by molar-refractivity contribution is 5.97. The van der Waals surface area contributed by atoms with E-state index in [1.54, 1.807) is 33.8 Å². The Morgan fingerprint density at radius 2 is 1.96 bits per heavy atom. The number of carbonyl (C=O) groups excluding carboxylic acids is 3. The molecule has 6 nitrogen and oxygen atoms in total. The van der Waals surface area contributed by atoms with Crippen LogP contribution in [0.3, 0.4) is 0 Å². The van der Waals surface area contributed by atoms with Crippen LogP contribution >= 0.6 is 0 Å². The lowest BCUT2D eigenvalue weighted by Gasteiger charge is -2.27. The van der Waals surface area contributed by atoms with Crippen molar-refractivity contribution in [2.24, 2.45) is 5.41 Å². The van der Waals surface area contributed by atoms with Crippen LogP contribution in [-0.4, -0.2) is 35.2 Å². The molecule has 1 aliphatic heterocycles. The van der Waals surface area contributed by atoms with Crippen molar-refractivity contribution in [3.63, 3.8) is 0 Å². The van der Waals surface area contributed by atoms with Gasteiger partial charge in [0.25, 0.3) is 0 Å². The average Bonchev–Trinajstić information content (AvgIpc) is 2.56. The highest BCUT2D eigenvalue weighted by Crippen LogP contribution is 2.17. The third-order valence-corrected chi connectivity index (χ3v) is 4.41. The Morgan fingerprint density at radius 3 is 2.62 bits per heavy atom. The maximum absolute atomic E-state index is 12.3. The van der Waals surface area contributed by atoms with Gasteiger partial charge in [-0.1, -0.05) is 32.9 Å². The van der Waals surface area contributed by atoms with E-state index in [9.17, 15) is 14.4 Å². The summed E-state index contributed by atoms with van der Waals surface area (Å²) in [4.78, 5) is 38.2. The van der Waals surface area contributed by atoms with Crippen LogP contribution in [0.15, 0.2) is 24.3 Å². The van der Waals surface area contributed by atoms with E-state index >= 15 is 0 Å². The van der Waals surface area contributed by atoms with E-state index in [0.717, 1.165) is 24.9 Å². The molecule has 0 aliphatic carbocycles.